The Morgan fingerprint density at radius 2 is 1.81 bits per heavy atom. The molecule has 16 heavy (non-hydrogen) atoms. The third-order valence-corrected chi connectivity index (χ3v) is 2.22. The smallest absolute Gasteiger partial charge is 0.231 e. The summed E-state index contributed by atoms with van der Waals surface area (Å²) in [6.45, 7) is 3.88. The van der Waals surface area contributed by atoms with Crippen LogP contribution in [-0.2, 0) is 10.0 Å². The first-order chi connectivity index (χ1) is 7.37. The van der Waals surface area contributed by atoms with Crippen LogP contribution in [0, 0.1) is 0 Å². The second-order valence-electron chi connectivity index (χ2n) is 3.63. The number of sulfonamides is 1. The van der Waals surface area contributed by atoms with Crippen molar-refractivity contribution < 1.29 is 13.2 Å². The molecule has 0 bridgehead atoms. The summed E-state index contributed by atoms with van der Waals surface area (Å²) >= 11 is 0. The van der Waals surface area contributed by atoms with Gasteiger partial charge in [-0.3, -0.25) is 0 Å². The Hall–Kier alpha value is -1.33. The highest BCUT2D eigenvalue weighted by Crippen LogP contribution is 2.14. The molecule has 4 nitrogen and oxygen atoms in total. The highest BCUT2D eigenvalue weighted by Gasteiger charge is 1.97. The fraction of sp³-hybridized carbons (Fsp3) is 0.273. The zero-order valence-electron chi connectivity index (χ0n) is 9.25. The Balaban J connectivity index is 2.76. The highest BCUT2D eigenvalue weighted by molar-refractivity contribution is 7.92. The van der Waals surface area contributed by atoms with Gasteiger partial charge in [0.1, 0.15) is 5.75 Å². The minimum absolute atomic E-state index is 0.116. The lowest BCUT2D eigenvalue weighted by Gasteiger charge is -2.09. The predicted molar refractivity (Wildman–Crippen MR) is 64.3 cm³/mol. The molecule has 0 aromatic heterocycles. The first-order valence-electron chi connectivity index (χ1n) is 4.84. The molecule has 0 amide bonds. The molecule has 0 fully saturated rings. The van der Waals surface area contributed by atoms with Crippen molar-refractivity contribution in [3.05, 3.63) is 35.2 Å². The largest absolute Gasteiger partial charge is 0.491 e. The maximum Gasteiger partial charge on any atom is 0.231 e. The van der Waals surface area contributed by atoms with Crippen molar-refractivity contribution >= 4 is 16.1 Å². The maximum absolute atomic E-state index is 10.7. The first kappa shape index (κ1) is 12.7. The monoisotopic (exact) mass is 241 g/mol. The number of nitrogens with two attached hydrogens (primary N) is 1. The molecule has 0 atom stereocenters. The molecule has 0 aliphatic heterocycles. The van der Waals surface area contributed by atoms with Gasteiger partial charge in [-0.2, -0.15) is 0 Å². The summed E-state index contributed by atoms with van der Waals surface area (Å²) < 4.78 is 26.8. The van der Waals surface area contributed by atoms with Crippen LogP contribution in [0.4, 0.5) is 0 Å². The summed E-state index contributed by atoms with van der Waals surface area (Å²) in [4.78, 5) is 0. The summed E-state index contributed by atoms with van der Waals surface area (Å²) in [5, 5.41) is 5.80. The summed E-state index contributed by atoms with van der Waals surface area (Å²) in [6.07, 6.45) is 1.56. The molecule has 1 aromatic carbocycles. The van der Waals surface area contributed by atoms with E-state index in [2.05, 4.69) is 0 Å². The van der Waals surface area contributed by atoms with Gasteiger partial charge in [-0.25, -0.2) is 13.6 Å². The van der Waals surface area contributed by atoms with Crippen LogP contribution in [0.25, 0.3) is 6.08 Å². The Morgan fingerprint density at radius 3 is 2.25 bits per heavy atom. The van der Waals surface area contributed by atoms with Crippen LogP contribution >= 0.6 is 0 Å². The van der Waals surface area contributed by atoms with Crippen LogP contribution in [0.1, 0.15) is 19.4 Å². The SMILES string of the molecule is CC(C)Oc1ccc(C=CS(N)(=O)=O)cc1. The van der Waals surface area contributed by atoms with Gasteiger partial charge < -0.3 is 4.74 Å². The van der Waals surface area contributed by atoms with Crippen LogP contribution in [0.2, 0.25) is 0 Å². The number of hydrogen-bond donors (Lipinski definition) is 1. The number of benzene rings is 1. The average molecular weight is 241 g/mol. The molecule has 0 heterocycles. The van der Waals surface area contributed by atoms with Crippen LogP contribution in [0.5, 0.6) is 5.75 Å². The van der Waals surface area contributed by atoms with Gasteiger partial charge in [-0.05, 0) is 37.6 Å². The Labute approximate surface area is 95.8 Å². The maximum atomic E-state index is 10.7. The predicted octanol–water partition coefficient (Wildman–Crippen LogP) is 1.73. The van der Waals surface area contributed by atoms with E-state index in [4.69, 9.17) is 9.88 Å². The van der Waals surface area contributed by atoms with Crippen molar-refractivity contribution in [2.45, 2.75) is 20.0 Å². The van der Waals surface area contributed by atoms with Gasteiger partial charge in [-0.1, -0.05) is 12.1 Å². The minimum Gasteiger partial charge on any atom is -0.491 e. The van der Waals surface area contributed by atoms with Gasteiger partial charge in [0.15, 0.2) is 0 Å². The lowest BCUT2D eigenvalue weighted by atomic mass is 10.2. The van der Waals surface area contributed by atoms with Crippen LogP contribution in [-0.4, -0.2) is 14.5 Å². The Kier molecular flexibility index (Phi) is 4.09. The second-order valence-corrected chi connectivity index (χ2v) is 5.08. The lowest BCUT2D eigenvalue weighted by molar-refractivity contribution is 0.242. The fourth-order valence-corrected chi connectivity index (χ4v) is 1.45. The Bertz CT molecular complexity index is 461. The van der Waals surface area contributed by atoms with Crippen molar-refractivity contribution in [1.82, 2.24) is 0 Å². The fourth-order valence-electron chi connectivity index (χ4n) is 1.10. The van der Waals surface area contributed by atoms with Gasteiger partial charge in [0, 0.05) is 5.41 Å². The molecule has 0 radical (unpaired) electrons. The molecular formula is C11H15NO3S. The number of ether oxygens (including phenoxy) is 1. The van der Waals surface area contributed by atoms with E-state index < -0.39 is 10.0 Å². The third kappa shape index (κ3) is 4.95. The highest BCUT2D eigenvalue weighted by atomic mass is 32.2. The molecule has 0 spiro atoms. The molecule has 2 N–H and O–H groups in total. The van der Waals surface area contributed by atoms with Gasteiger partial charge in [0.05, 0.1) is 6.10 Å². The van der Waals surface area contributed by atoms with Crippen molar-refractivity contribution in [3.63, 3.8) is 0 Å². The first-order valence-corrected chi connectivity index (χ1v) is 6.45. The molecule has 1 aromatic rings. The zero-order chi connectivity index (χ0) is 12.2. The standard InChI is InChI=1S/C11H15NO3S/c1-9(2)15-11-5-3-10(4-6-11)7-8-16(12,13)14/h3-9H,1-2H3,(H2,12,13,14). The Morgan fingerprint density at radius 1 is 1.25 bits per heavy atom. The van der Waals surface area contributed by atoms with E-state index >= 15 is 0 Å². The average Bonchev–Trinajstić information content (AvgIpc) is 2.14. The van der Waals surface area contributed by atoms with Crippen LogP contribution in [0.3, 0.4) is 0 Å². The molecular weight excluding hydrogens is 226 g/mol. The molecule has 5 heteroatoms. The van der Waals surface area contributed by atoms with Gasteiger partial charge in [-0.15, -0.1) is 0 Å². The van der Waals surface area contributed by atoms with E-state index in [-0.39, 0.29) is 6.10 Å². The minimum atomic E-state index is -3.56. The van der Waals surface area contributed by atoms with Crippen molar-refractivity contribution in [1.29, 1.82) is 0 Å². The number of rotatable bonds is 4. The topological polar surface area (TPSA) is 69.4 Å². The van der Waals surface area contributed by atoms with E-state index in [0.29, 0.717) is 0 Å². The van der Waals surface area contributed by atoms with Crippen LogP contribution < -0.4 is 9.88 Å². The third-order valence-electron chi connectivity index (χ3n) is 1.70. The van der Waals surface area contributed by atoms with Gasteiger partial charge >= 0.3 is 0 Å². The van der Waals surface area contributed by atoms with Crippen LogP contribution in [0.15, 0.2) is 29.7 Å². The van der Waals surface area contributed by atoms with E-state index in [1.165, 1.54) is 6.08 Å². The summed E-state index contributed by atoms with van der Waals surface area (Å²) in [7, 11) is -3.56. The molecule has 0 saturated heterocycles. The molecule has 88 valence electrons. The van der Waals surface area contributed by atoms with Gasteiger partial charge in [0.2, 0.25) is 10.0 Å². The number of hydrogen-bond acceptors (Lipinski definition) is 3. The zero-order valence-corrected chi connectivity index (χ0v) is 10.1. The lowest BCUT2D eigenvalue weighted by Crippen LogP contribution is -2.06. The second kappa shape index (κ2) is 5.14. The van der Waals surface area contributed by atoms with Crippen molar-refractivity contribution in [2.24, 2.45) is 5.14 Å². The van der Waals surface area contributed by atoms with E-state index in [1.54, 1.807) is 24.3 Å². The summed E-state index contributed by atoms with van der Waals surface area (Å²) in [5.74, 6) is 0.753. The molecule has 0 unspecified atom stereocenters. The molecule has 0 saturated carbocycles. The summed E-state index contributed by atoms with van der Waals surface area (Å²) in [6, 6.07) is 7.09. The normalized spacial score (nSPS) is 12.2. The molecule has 0 aliphatic rings. The van der Waals surface area contributed by atoms with Gasteiger partial charge in [0.25, 0.3) is 0 Å². The quantitative estimate of drug-likeness (QED) is 0.872. The van der Waals surface area contributed by atoms with E-state index in [0.717, 1.165) is 16.7 Å². The van der Waals surface area contributed by atoms with Crippen molar-refractivity contribution in [2.75, 3.05) is 0 Å². The summed E-state index contributed by atoms with van der Waals surface area (Å²) in [5.41, 5.74) is 0.755. The number of primary sulfonamides is 1. The van der Waals surface area contributed by atoms with Crippen molar-refractivity contribution in [3.8, 4) is 5.75 Å². The molecule has 0 aliphatic carbocycles. The molecule has 1 rings (SSSR count). The van der Waals surface area contributed by atoms with E-state index in [1.807, 2.05) is 13.8 Å². The van der Waals surface area contributed by atoms with E-state index in [9.17, 15) is 8.42 Å².